The van der Waals surface area contributed by atoms with Gasteiger partial charge in [-0.15, -0.1) is 0 Å². The first-order valence-corrected chi connectivity index (χ1v) is 6.98. The average molecular weight is 283 g/mol. The summed E-state index contributed by atoms with van der Waals surface area (Å²) < 4.78 is 10.9. The number of amides is 1. The first kappa shape index (κ1) is 13.6. The first-order chi connectivity index (χ1) is 10.3. The molecule has 108 valence electrons. The largest absolute Gasteiger partial charge is 0.493 e. The molecular weight excluding hydrogens is 266 g/mol. The van der Waals surface area contributed by atoms with Gasteiger partial charge in [-0.25, -0.2) is 0 Å². The van der Waals surface area contributed by atoms with E-state index in [-0.39, 0.29) is 12.6 Å². The summed E-state index contributed by atoms with van der Waals surface area (Å²) in [6, 6.07) is 15.4. The molecule has 1 aliphatic rings. The van der Waals surface area contributed by atoms with Gasteiger partial charge >= 0.3 is 0 Å². The van der Waals surface area contributed by atoms with Crippen LogP contribution in [-0.4, -0.2) is 19.2 Å². The van der Waals surface area contributed by atoms with Gasteiger partial charge in [0.05, 0.1) is 13.2 Å². The van der Waals surface area contributed by atoms with E-state index in [9.17, 15) is 4.79 Å². The monoisotopic (exact) mass is 283 g/mol. The minimum Gasteiger partial charge on any atom is -0.493 e. The van der Waals surface area contributed by atoms with Crippen LogP contribution >= 0.6 is 0 Å². The van der Waals surface area contributed by atoms with E-state index < -0.39 is 0 Å². The average Bonchev–Trinajstić information content (AvgIpc) is 3.00. The maximum atomic E-state index is 12.0. The molecule has 0 unspecified atom stereocenters. The Balaban J connectivity index is 1.48. The van der Waals surface area contributed by atoms with E-state index in [1.54, 1.807) is 6.07 Å². The summed E-state index contributed by atoms with van der Waals surface area (Å²) >= 11 is 0. The van der Waals surface area contributed by atoms with E-state index in [1.165, 1.54) is 0 Å². The minimum atomic E-state index is -0.127. The van der Waals surface area contributed by atoms with Crippen molar-refractivity contribution in [1.82, 2.24) is 5.32 Å². The van der Waals surface area contributed by atoms with Crippen LogP contribution in [0.5, 0.6) is 5.75 Å². The second kappa shape index (κ2) is 6.41. The highest BCUT2D eigenvalue weighted by Gasteiger charge is 2.14. The molecule has 2 aromatic carbocycles. The zero-order valence-electron chi connectivity index (χ0n) is 11.7. The van der Waals surface area contributed by atoms with Gasteiger partial charge in [-0.05, 0) is 29.3 Å². The highest BCUT2D eigenvalue weighted by Crippen LogP contribution is 2.25. The fourth-order valence-corrected chi connectivity index (χ4v) is 2.29. The molecule has 0 saturated carbocycles. The van der Waals surface area contributed by atoms with Gasteiger partial charge in [-0.3, -0.25) is 4.79 Å². The van der Waals surface area contributed by atoms with Gasteiger partial charge < -0.3 is 14.8 Å². The number of hydrogen-bond acceptors (Lipinski definition) is 3. The summed E-state index contributed by atoms with van der Waals surface area (Å²) in [7, 11) is 0. The third kappa shape index (κ3) is 3.41. The van der Waals surface area contributed by atoms with E-state index in [0.717, 1.165) is 23.3 Å². The lowest BCUT2D eigenvalue weighted by atomic mass is 10.1. The standard InChI is InChI=1S/C17H17NO3/c19-17(15-6-7-16-14(10-15)8-9-21-16)18-12-20-11-13-4-2-1-3-5-13/h1-7,10H,8-9,11-12H2,(H,18,19). The van der Waals surface area contributed by atoms with Crippen molar-refractivity contribution in [1.29, 1.82) is 0 Å². The van der Waals surface area contributed by atoms with Crippen LogP contribution in [-0.2, 0) is 17.8 Å². The predicted molar refractivity (Wildman–Crippen MR) is 79.2 cm³/mol. The molecular formula is C17H17NO3. The summed E-state index contributed by atoms with van der Waals surface area (Å²) in [6.07, 6.45) is 0.862. The normalized spacial score (nSPS) is 12.6. The van der Waals surface area contributed by atoms with Gasteiger partial charge in [0.1, 0.15) is 12.5 Å². The molecule has 0 spiro atoms. The second-order valence-electron chi connectivity index (χ2n) is 4.91. The van der Waals surface area contributed by atoms with E-state index in [1.807, 2.05) is 42.5 Å². The molecule has 4 heteroatoms. The van der Waals surface area contributed by atoms with Crippen LogP contribution in [0, 0.1) is 0 Å². The summed E-state index contributed by atoms with van der Waals surface area (Å²) in [6.45, 7) is 1.38. The Morgan fingerprint density at radius 1 is 1.19 bits per heavy atom. The smallest absolute Gasteiger partial charge is 0.253 e. The Labute approximate surface area is 123 Å². The van der Waals surface area contributed by atoms with Crippen molar-refractivity contribution in [2.45, 2.75) is 13.0 Å². The Bertz CT molecular complexity index is 625. The number of nitrogens with one attached hydrogen (secondary N) is 1. The van der Waals surface area contributed by atoms with E-state index in [0.29, 0.717) is 18.8 Å². The van der Waals surface area contributed by atoms with Gasteiger partial charge in [-0.1, -0.05) is 30.3 Å². The lowest BCUT2D eigenvalue weighted by Crippen LogP contribution is -2.26. The fourth-order valence-electron chi connectivity index (χ4n) is 2.29. The summed E-state index contributed by atoms with van der Waals surface area (Å²) in [5.74, 6) is 0.754. The first-order valence-electron chi connectivity index (χ1n) is 6.98. The molecule has 0 radical (unpaired) electrons. The van der Waals surface area contributed by atoms with Crippen molar-refractivity contribution in [3.05, 3.63) is 65.2 Å². The third-order valence-corrected chi connectivity index (χ3v) is 3.40. The molecule has 1 aliphatic heterocycles. The lowest BCUT2D eigenvalue weighted by molar-refractivity contribution is 0.0751. The number of benzene rings is 2. The molecule has 0 atom stereocenters. The summed E-state index contributed by atoms with van der Waals surface area (Å²) in [5.41, 5.74) is 2.82. The zero-order valence-corrected chi connectivity index (χ0v) is 11.7. The lowest BCUT2D eigenvalue weighted by Gasteiger charge is -2.07. The van der Waals surface area contributed by atoms with Crippen LogP contribution in [0.2, 0.25) is 0 Å². The fraction of sp³-hybridized carbons (Fsp3) is 0.235. The van der Waals surface area contributed by atoms with Crippen molar-refractivity contribution >= 4 is 5.91 Å². The van der Waals surface area contributed by atoms with Crippen molar-refractivity contribution in [2.75, 3.05) is 13.3 Å². The van der Waals surface area contributed by atoms with Crippen LogP contribution in [0.15, 0.2) is 48.5 Å². The Morgan fingerprint density at radius 2 is 2.05 bits per heavy atom. The second-order valence-corrected chi connectivity index (χ2v) is 4.91. The van der Waals surface area contributed by atoms with E-state index in [4.69, 9.17) is 9.47 Å². The molecule has 1 N–H and O–H groups in total. The van der Waals surface area contributed by atoms with Crippen LogP contribution in [0.3, 0.4) is 0 Å². The number of hydrogen-bond donors (Lipinski definition) is 1. The molecule has 2 aromatic rings. The summed E-state index contributed by atoms with van der Waals surface area (Å²) in [4.78, 5) is 12.0. The van der Waals surface area contributed by atoms with Crippen molar-refractivity contribution in [3.8, 4) is 5.75 Å². The highest BCUT2D eigenvalue weighted by molar-refractivity contribution is 5.94. The predicted octanol–water partition coefficient (Wildman–Crippen LogP) is 2.53. The molecule has 0 aliphatic carbocycles. The number of carbonyl (C=O) groups excluding carboxylic acids is 1. The molecule has 21 heavy (non-hydrogen) atoms. The maximum Gasteiger partial charge on any atom is 0.253 e. The van der Waals surface area contributed by atoms with Crippen LogP contribution < -0.4 is 10.1 Å². The van der Waals surface area contributed by atoms with Gasteiger partial charge in [0.25, 0.3) is 5.91 Å². The molecule has 4 nitrogen and oxygen atoms in total. The topological polar surface area (TPSA) is 47.6 Å². The van der Waals surface area contributed by atoms with Gasteiger partial charge in [0.15, 0.2) is 0 Å². The maximum absolute atomic E-state index is 12.0. The third-order valence-electron chi connectivity index (χ3n) is 3.40. The van der Waals surface area contributed by atoms with Gasteiger partial charge in [0, 0.05) is 12.0 Å². The number of fused-ring (bicyclic) bond motifs is 1. The number of carbonyl (C=O) groups is 1. The number of ether oxygens (including phenoxy) is 2. The highest BCUT2D eigenvalue weighted by atomic mass is 16.5. The van der Waals surface area contributed by atoms with Crippen molar-refractivity contribution < 1.29 is 14.3 Å². The Hall–Kier alpha value is -2.33. The Kier molecular flexibility index (Phi) is 4.17. The quantitative estimate of drug-likeness (QED) is 0.677. The molecule has 0 saturated heterocycles. The van der Waals surface area contributed by atoms with Gasteiger partial charge in [0.2, 0.25) is 0 Å². The number of rotatable bonds is 5. The SMILES string of the molecule is O=C(NCOCc1ccccc1)c1ccc2c(c1)CCO2. The van der Waals surface area contributed by atoms with Crippen LogP contribution in [0.25, 0.3) is 0 Å². The minimum absolute atomic E-state index is 0.127. The summed E-state index contributed by atoms with van der Waals surface area (Å²) in [5, 5.41) is 2.76. The molecule has 0 fully saturated rings. The Morgan fingerprint density at radius 3 is 2.90 bits per heavy atom. The van der Waals surface area contributed by atoms with Gasteiger partial charge in [-0.2, -0.15) is 0 Å². The molecule has 1 amide bonds. The van der Waals surface area contributed by atoms with Crippen molar-refractivity contribution in [2.24, 2.45) is 0 Å². The molecule has 0 aromatic heterocycles. The molecule has 3 rings (SSSR count). The van der Waals surface area contributed by atoms with Crippen LogP contribution in [0.1, 0.15) is 21.5 Å². The van der Waals surface area contributed by atoms with E-state index >= 15 is 0 Å². The van der Waals surface area contributed by atoms with E-state index in [2.05, 4.69) is 5.32 Å². The van der Waals surface area contributed by atoms with Crippen LogP contribution in [0.4, 0.5) is 0 Å². The molecule has 0 bridgehead atoms. The van der Waals surface area contributed by atoms with Crippen molar-refractivity contribution in [3.63, 3.8) is 0 Å². The zero-order chi connectivity index (χ0) is 14.5. The molecule has 1 heterocycles.